The summed E-state index contributed by atoms with van der Waals surface area (Å²) in [5.41, 5.74) is 2.35. The molecule has 2 aromatic rings. The molecular weight excluding hydrogens is 415 g/mol. The van der Waals surface area contributed by atoms with E-state index in [0.29, 0.717) is 11.7 Å². The fourth-order valence-corrected chi connectivity index (χ4v) is 3.54. The molecule has 0 aliphatic carbocycles. The highest BCUT2D eigenvalue weighted by molar-refractivity contribution is 6.02. The van der Waals surface area contributed by atoms with E-state index >= 15 is 0 Å². The van der Waals surface area contributed by atoms with Crippen molar-refractivity contribution in [2.45, 2.75) is 25.4 Å². The zero-order chi connectivity index (χ0) is 18.5. The Kier molecular flexibility index (Phi) is 9.32. The lowest BCUT2D eigenvalue weighted by Crippen LogP contribution is -2.35. The molecule has 160 valence electrons. The number of piperidine rings is 1. The summed E-state index contributed by atoms with van der Waals surface area (Å²) in [6, 6.07) is 8.30. The van der Waals surface area contributed by atoms with Gasteiger partial charge in [0, 0.05) is 25.3 Å². The van der Waals surface area contributed by atoms with Crippen molar-refractivity contribution in [1.29, 1.82) is 0 Å². The second-order valence-electron chi connectivity index (χ2n) is 7.10. The van der Waals surface area contributed by atoms with E-state index in [1.807, 2.05) is 16.8 Å². The van der Waals surface area contributed by atoms with Crippen LogP contribution in [0.4, 0.5) is 5.69 Å². The van der Waals surface area contributed by atoms with Gasteiger partial charge in [0.25, 0.3) is 5.91 Å². The van der Waals surface area contributed by atoms with Crippen LogP contribution in [0.25, 0.3) is 0 Å². The van der Waals surface area contributed by atoms with E-state index in [1.54, 1.807) is 6.20 Å². The van der Waals surface area contributed by atoms with Crippen molar-refractivity contribution >= 4 is 36.4 Å². The zero-order valence-electron chi connectivity index (χ0n) is 16.2. The lowest BCUT2D eigenvalue weighted by Gasteiger charge is -2.26. The van der Waals surface area contributed by atoms with Crippen molar-refractivity contribution in [3.8, 4) is 0 Å². The minimum absolute atomic E-state index is 0. The van der Waals surface area contributed by atoms with Crippen LogP contribution >= 0.6 is 24.8 Å². The molecule has 2 fully saturated rings. The molecule has 1 aromatic heterocycles. The van der Waals surface area contributed by atoms with Gasteiger partial charge in [-0.1, -0.05) is 17.3 Å². The molecule has 1 aromatic carbocycles. The number of aromatic nitrogens is 3. The third-order valence-electron chi connectivity index (χ3n) is 5.15. The zero-order valence-corrected chi connectivity index (χ0v) is 17.9. The summed E-state index contributed by atoms with van der Waals surface area (Å²) in [6.45, 7) is 6.38. The molecular formula is C19H28Cl2N6O2. The number of hydrogen-bond acceptors (Lipinski definition) is 6. The van der Waals surface area contributed by atoms with E-state index < -0.39 is 0 Å². The first-order valence-electron chi connectivity index (χ1n) is 9.61. The van der Waals surface area contributed by atoms with E-state index in [2.05, 4.69) is 38.0 Å². The number of nitrogens with one attached hydrogen (secondary N) is 2. The number of rotatable bonds is 5. The Morgan fingerprint density at radius 1 is 1.14 bits per heavy atom. The number of benzene rings is 1. The van der Waals surface area contributed by atoms with Crippen molar-refractivity contribution in [2.75, 3.05) is 44.7 Å². The second-order valence-corrected chi connectivity index (χ2v) is 7.10. The first kappa shape index (κ1) is 23.6. The average Bonchev–Trinajstić information content (AvgIpc) is 3.21. The van der Waals surface area contributed by atoms with E-state index in [0.717, 1.165) is 64.5 Å². The van der Waals surface area contributed by atoms with Crippen molar-refractivity contribution in [3.05, 3.63) is 41.7 Å². The molecule has 1 amide bonds. The Morgan fingerprint density at radius 3 is 2.52 bits per heavy atom. The highest BCUT2D eigenvalue weighted by Crippen LogP contribution is 2.18. The molecule has 3 heterocycles. The molecule has 2 aliphatic rings. The van der Waals surface area contributed by atoms with Gasteiger partial charge in [0.15, 0.2) is 5.69 Å². The van der Waals surface area contributed by atoms with Crippen molar-refractivity contribution in [3.63, 3.8) is 0 Å². The van der Waals surface area contributed by atoms with Gasteiger partial charge < -0.3 is 15.4 Å². The number of amides is 1. The molecule has 10 heteroatoms. The minimum Gasteiger partial charge on any atom is -0.379 e. The Balaban J connectivity index is 0.00000150. The predicted molar refractivity (Wildman–Crippen MR) is 116 cm³/mol. The molecule has 0 saturated carbocycles. The maximum atomic E-state index is 12.5. The van der Waals surface area contributed by atoms with Crippen molar-refractivity contribution in [2.24, 2.45) is 0 Å². The highest BCUT2D eigenvalue weighted by Gasteiger charge is 2.19. The maximum absolute atomic E-state index is 12.5. The summed E-state index contributed by atoms with van der Waals surface area (Å²) in [5, 5.41) is 14.4. The van der Waals surface area contributed by atoms with Crippen LogP contribution in [0, 0.1) is 0 Å². The molecule has 0 bridgehead atoms. The van der Waals surface area contributed by atoms with Gasteiger partial charge in [-0.2, -0.15) is 0 Å². The van der Waals surface area contributed by atoms with Crippen LogP contribution in [0.1, 0.15) is 34.9 Å². The number of carbonyl (C=O) groups is 1. The molecule has 0 unspecified atom stereocenters. The van der Waals surface area contributed by atoms with Gasteiger partial charge >= 0.3 is 0 Å². The topological polar surface area (TPSA) is 84.3 Å². The van der Waals surface area contributed by atoms with Crippen molar-refractivity contribution < 1.29 is 9.53 Å². The third-order valence-corrected chi connectivity index (χ3v) is 5.15. The van der Waals surface area contributed by atoms with Crippen LogP contribution in [-0.2, 0) is 11.3 Å². The van der Waals surface area contributed by atoms with Crippen LogP contribution in [0.15, 0.2) is 30.5 Å². The smallest absolute Gasteiger partial charge is 0.277 e. The van der Waals surface area contributed by atoms with E-state index in [4.69, 9.17) is 4.74 Å². The fraction of sp³-hybridized carbons (Fsp3) is 0.526. The summed E-state index contributed by atoms with van der Waals surface area (Å²) in [6.07, 6.45) is 3.77. The Morgan fingerprint density at radius 2 is 1.83 bits per heavy atom. The fourth-order valence-electron chi connectivity index (χ4n) is 3.54. The first-order chi connectivity index (χ1) is 13.3. The largest absolute Gasteiger partial charge is 0.379 e. The minimum atomic E-state index is -0.226. The molecule has 0 atom stereocenters. The number of anilines is 1. The first-order valence-corrected chi connectivity index (χ1v) is 9.61. The second kappa shape index (κ2) is 11.5. The molecule has 8 nitrogen and oxygen atoms in total. The van der Waals surface area contributed by atoms with Gasteiger partial charge in [-0.3, -0.25) is 9.69 Å². The lowest BCUT2D eigenvalue weighted by atomic mass is 10.1. The van der Waals surface area contributed by atoms with Gasteiger partial charge in [-0.05, 0) is 43.6 Å². The average molecular weight is 443 g/mol. The monoisotopic (exact) mass is 442 g/mol. The molecule has 2 saturated heterocycles. The highest BCUT2D eigenvalue weighted by atomic mass is 35.5. The molecule has 2 N–H and O–H groups in total. The Hall–Kier alpha value is -1.71. The number of carbonyl (C=O) groups excluding carboxylic acids is 1. The summed E-state index contributed by atoms with van der Waals surface area (Å²) in [7, 11) is 0. The lowest BCUT2D eigenvalue weighted by molar-refractivity contribution is 0.0342. The quantitative estimate of drug-likeness (QED) is 0.737. The molecule has 2 aliphatic heterocycles. The summed E-state index contributed by atoms with van der Waals surface area (Å²) in [5.74, 6) is -0.226. The Labute approximate surface area is 183 Å². The summed E-state index contributed by atoms with van der Waals surface area (Å²) >= 11 is 0. The number of nitrogens with zero attached hydrogens (tertiary/aromatic N) is 4. The third kappa shape index (κ3) is 6.38. The molecule has 0 spiro atoms. The number of morpholine rings is 1. The maximum Gasteiger partial charge on any atom is 0.277 e. The predicted octanol–water partition coefficient (Wildman–Crippen LogP) is 2.13. The Bertz CT molecular complexity index is 758. The van der Waals surface area contributed by atoms with Crippen LogP contribution in [-0.4, -0.2) is 65.2 Å². The van der Waals surface area contributed by atoms with Gasteiger partial charge in [0.1, 0.15) is 0 Å². The van der Waals surface area contributed by atoms with Crippen LogP contribution in [0.2, 0.25) is 0 Å². The van der Waals surface area contributed by atoms with Crippen LogP contribution in [0.3, 0.4) is 0 Å². The summed E-state index contributed by atoms with van der Waals surface area (Å²) in [4.78, 5) is 14.8. The number of halogens is 2. The van der Waals surface area contributed by atoms with E-state index in [1.165, 1.54) is 5.56 Å². The molecule has 0 radical (unpaired) electrons. The van der Waals surface area contributed by atoms with E-state index in [-0.39, 0.29) is 30.7 Å². The number of ether oxygens (including phenoxy) is 1. The standard InChI is InChI=1S/C19H26N6O2.2ClH/c26-19(18-14-25(23-22-18)17-5-7-20-8-6-17)21-16-3-1-15(2-4-16)13-24-9-11-27-12-10-24;;/h1-4,14,17,20H,5-13H2,(H,21,26);2*1H. The van der Waals surface area contributed by atoms with Crippen LogP contribution < -0.4 is 10.6 Å². The molecule has 29 heavy (non-hydrogen) atoms. The van der Waals surface area contributed by atoms with Gasteiger partial charge in [-0.15, -0.1) is 29.9 Å². The molecule has 4 rings (SSSR count). The number of hydrogen-bond donors (Lipinski definition) is 2. The van der Waals surface area contributed by atoms with Gasteiger partial charge in [-0.25, -0.2) is 4.68 Å². The normalized spacial score (nSPS) is 17.8. The van der Waals surface area contributed by atoms with Gasteiger partial charge in [0.05, 0.1) is 25.5 Å². The van der Waals surface area contributed by atoms with E-state index in [9.17, 15) is 4.79 Å². The van der Waals surface area contributed by atoms with Crippen molar-refractivity contribution in [1.82, 2.24) is 25.2 Å². The SMILES string of the molecule is Cl.Cl.O=C(Nc1ccc(CN2CCOCC2)cc1)c1cn(C2CCNCC2)nn1. The van der Waals surface area contributed by atoms with Gasteiger partial charge in [0.2, 0.25) is 0 Å². The van der Waals surface area contributed by atoms with Crippen LogP contribution in [0.5, 0.6) is 0 Å². The summed E-state index contributed by atoms with van der Waals surface area (Å²) < 4.78 is 7.20.